The van der Waals surface area contributed by atoms with Crippen LogP contribution >= 0.6 is 11.8 Å². The first-order valence-corrected chi connectivity index (χ1v) is 13.1. The summed E-state index contributed by atoms with van der Waals surface area (Å²) in [6, 6.07) is 21.2. The topological polar surface area (TPSA) is 75.7 Å². The van der Waals surface area contributed by atoms with Crippen molar-refractivity contribution in [3.05, 3.63) is 83.9 Å². The lowest BCUT2D eigenvalue weighted by atomic mass is 10.1. The van der Waals surface area contributed by atoms with Crippen molar-refractivity contribution in [2.75, 3.05) is 24.2 Å². The summed E-state index contributed by atoms with van der Waals surface area (Å²) in [4.78, 5) is 13.7. The first kappa shape index (κ1) is 24.7. The number of amides is 1. The molecule has 0 aliphatic rings. The molecule has 174 valence electrons. The Kier molecular flexibility index (Phi) is 8.05. The van der Waals surface area contributed by atoms with Gasteiger partial charge in [-0.2, -0.15) is 0 Å². The molecule has 0 radical (unpaired) electrons. The van der Waals surface area contributed by atoms with E-state index in [0.717, 1.165) is 11.1 Å². The van der Waals surface area contributed by atoms with Gasteiger partial charge in [0.1, 0.15) is 5.75 Å². The van der Waals surface area contributed by atoms with Gasteiger partial charge in [0, 0.05) is 11.9 Å². The zero-order chi connectivity index (χ0) is 24.0. The van der Waals surface area contributed by atoms with Crippen LogP contribution in [-0.4, -0.2) is 34.2 Å². The lowest BCUT2D eigenvalue weighted by Gasteiger charge is -2.20. The van der Waals surface area contributed by atoms with Crippen LogP contribution in [0.5, 0.6) is 5.75 Å². The summed E-state index contributed by atoms with van der Waals surface area (Å²) in [6.45, 7) is 3.69. The number of thioether (sulfide) groups is 1. The Morgan fingerprint density at radius 2 is 1.61 bits per heavy atom. The summed E-state index contributed by atoms with van der Waals surface area (Å²) in [6.07, 6.45) is 2.02. The molecule has 0 aromatic heterocycles. The minimum Gasteiger partial charge on any atom is -0.484 e. The summed E-state index contributed by atoms with van der Waals surface area (Å²) < 4.78 is 32.5. The molecular weight excluding hydrogens is 456 g/mol. The van der Waals surface area contributed by atoms with Crippen molar-refractivity contribution in [1.29, 1.82) is 0 Å². The molecule has 1 amide bonds. The first-order chi connectivity index (χ1) is 15.7. The predicted molar refractivity (Wildman–Crippen MR) is 133 cm³/mol. The number of anilines is 1. The van der Waals surface area contributed by atoms with Crippen LogP contribution in [0.15, 0.2) is 82.6 Å². The van der Waals surface area contributed by atoms with Crippen LogP contribution in [-0.2, 0) is 14.8 Å². The number of aryl methyl sites for hydroxylation is 1. The fourth-order valence-electron chi connectivity index (χ4n) is 3.17. The maximum absolute atomic E-state index is 12.8. The maximum Gasteiger partial charge on any atom is 0.264 e. The Balaban J connectivity index is 1.56. The van der Waals surface area contributed by atoms with Crippen molar-refractivity contribution in [1.82, 2.24) is 5.32 Å². The van der Waals surface area contributed by atoms with E-state index in [0.29, 0.717) is 11.4 Å². The first-order valence-electron chi connectivity index (χ1n) is 10.4. The number of hydrogen-bond acceptors (Lipinski definition) is 5. The standard InChI is InChI=1S/C25H28N2O4S2/c1-18-5-15-24(16-6-18)33(29,30)27(3)21-9-11-22(12-10-21)31-17-25(28)26-19(2)20-7-13-23(32-4)14-8-20/h5-16,19H,17H2,1-4H3,(H,26,28)/t19-/m0/s1. The Morgan fingerprint density at radius 1 is 1.00 bits per heavy atom. The fourth-order valence-corrected chi connectivity index (χ4v) is 4.77. The third-order valence-electron chi connectivity index (χ3n) is 5.24. The number of benzene rings is 3. The Hall–Kier alpha value is -2.97. The van der Waals surface area contributed by atoms with E-state index in [1.165, 1.54) is 16.2 Å². The average molecular weight is 485 g/mol. The molecule has 6 nitrogen and oxygen atoms in total. The van der Waals surface area contributed by atoms with Crippen LogP contribution in [0, 0.1) is 6.92 Å². The molecule has 1 atom stereocenters. The zero-order valence-corrected chi connectivity index (χ0v) is 20.7. The number of carbonyl (C=O) groups excluding carboxylic acids is 1. The number of hydrogen-bond donors (Lipinski definition) is 1. The average Bonchev–Trinajstić information content (AvgIpc) is 2.83. The SMILES string of the molecule is CSc1ccc([C@H](C)NC(=O)COc2ccc(N(C)S(=O)(=O)c3ccc(C)cc3)cc2)cc1. The normalized spacial score (nSPS) is 12.1. The van der Waals surface area contributed by atoms with Gasteiger partial charge >= 0.3 is 0 Å². The molecule has 0 fully saturated rings. The highest BCUT2D eigenvalue weighted by Crippen LogP contribution is 2.25. The Bertz CT molecular complexity index is 1180. The molecule has 0 heterocycles. The van der Waals surface area contributed by atoms with E-state index in [4.69, 9.17) is 4.74 Å². The quantitative estimate of drug-likeness (QED) is 0.442. The molecule has 3 aromatic rings. The third kappa shape index (κ3) is 6.30. The largest absolute Gasteiger partial charge is 0.484 e. The van der Waals surface area contributed by atoms with E-state index in [-0.39, 0.29) is 23.5 Å². The Morgan fingerprint density at radius 3 is 2.18 bits per heavy atom. The summed E-state index contributed by atoms with van der Waals surface area (Å²) in [7, 11) is -2.16. The number of ether oxygens (including phenoxy) is 1. The van der Waals surface area contributed by atoms with E-state index in [9.17, 15) is 13.2 Å². The predicted octanol–water partition coefficient (Wildman–Crippen LogP) is 4.80. The van der Waals surface area contributed by atoms with Gasteiger partial charge in [0.05, 0.1) is 16.6 Å². The van der Waals surface area contributed by atoms with E-state index in [2.05, 4.69) is 5.32 Å². The molecule has 3 aromatic carbocycles. The van der Waals surface area contributed by atoms with Crippen LogP contribution in [0.3, 0.4) is 0 Å². The molecule has 1 N–H and O–H groups in total. The van der Waals surface area contributed by atoms with Gasteiger partial charge in [0.15, 0.2) is 6.61 Å². The maximum atomic E-state index is 12.8. The highest BCUT2D eigenvalue weighted by molar-refractivity contribution is 7.98. The second-order valence-corrected chi connectivity index (χ2v) is 10.5. The van der Waals surface area contributed by atoms with Crippen LogP contribution in [0.4, 0.5) is 5.69 Å². The zero-order valence-electron chi connectivity index (χ0n) is 19.1. The molecule has 0 aliphatic carbocycles. The summed E-state index contributed by atoms with van der Waals surface area (Å²) in [5, 5.41) is 2.92. The van der Waals surface area contributed by atoms with E-state index in [1.807, 2.05) is 44.4 Å². The number of carbonyl (C=O) groups is 1. The molecular formula is C25H28N2O4S2. The fraction of sp³-hybridized carbons (Fsp3) is 0.240. The van der Waals surface area contributed by atoms with Gasteiger partial charge in [0.2, 0.25) is 0 Å². The lowest BCUT2D eigenvalue weighted by Crippen LogP contribution is -2.31. The van der Waals surface area contributed by atoms with Crippen LogP contribution in [0.25, 0.3) is 0 Å². The summed E-state index contributed by atoms with van der Waals surface area (Å²) in [5.41, 5.74) is 2.50. The van der Waals surface area contributed by atoms with Gasteiger partial charge < -0.3 is 10.1 Å². The highest BCUT2D eigenvalue weighted by atomic mass is 32.2. The molecule has 3 rings (SSSR count). The van der Waals surface area contributed by atoms with Crippen molar-refractivity contribution in [3.8, 4) is 5.75 Å². The highest BCUT2D eigenvalue weighted by Gasteiger charge is 2.21. The van der Waals surface area contributed by atoms with Crippen molar-refractivity contribution in [2.24, 2.45) is 0 Å². The summed E-state index contributed by atoms with van der Waals surface area (Å²) >= 11 is 1.67. The van der Waals surface area contributed by atoms with Gasteiger partial charge in [-0.1, -0.05) is 29.8 Å². The third-order valence-corrected chi connectivity index (χ3v) is 7.79. The van der Waals surface area contributed by atoms with E-state index < -0.39 is 10.0 Å². The van der Waals surface area contributed by atoms with Gasteiger partial charge in [-0.3, -0.25) is 9.10 Å². The van der Waals surface area contributed by atoms with E-state index in [1.54, 1.807) is 60.3 Å². The van der Waals surface area contributed by atoms with E-state index >= 15 is 0 Å². The smallest absolute Gasteiger partial charge is 0.264 e. The van der Waals surface area contributed by atoms with Crippen LogP contribution in [0.1, 0.15) is 24.1 Å². The second-order valence-electron chi connectivity index (χ2n) is 7.63. The minimum atomic E-state index is -3.66. The van der Waals surface area contributed by atoms with Crippen molar-refractivity contribution >= 4 is 33.4 Å². The lowest BCUT2D eigenvalue weighted by molar-refractivity contribution is -0.123. The van der Waals surface area contributed by atoms with Crippen molar-refractivity contribution < 1.29 is 17.9 Å². The van der Waals surface area contributed by atoms with Crippen LogP contribution in [0.2, 0.25) is 0 Å². The molecule has 33 heavy (non-hydrogen) atoms. The second kappa shape index (κ2) is 10.8. The minimum absolute atomic E-state index is 0.135. The monoisotopic (exact) mass is 484 g/mol. The number of nitrogens with one attached hydrogen (secondary N) is 1. The molecule has 0 saturated carbocycles. The summed E-state index contributed by atoms with van der Waals surface area (Å²) in [5.74, 6) is 0.242. The number of rotatable bonds is 9. The van der Waals surface area contributed by atoms with Crippen molar-refractivity contribution in [3.63, 3.8) is 0 Å². The van der Waals surface area contributed by atoms with Gasteiger partial charge in [-0.15, -0.1) is 11.8 Å². The van der Waals surface area contributed by atoms with Gasteiger partial charge in [-0.25, -0.2) is 8.42 Å². The van der Waals surface area contributed by atoms with Crippen LogP contribution < -0.4 is 14.4 Å². The number of sulfonamides is 1. The molecule has 0 spiro atoms. The van der Waals surface area contributed by atoms with Crippen molar-refractivity contribution in [2.45, 2.75) is 29.7 Å². The molecule has 0 bridgehead atoms. The molecule has 0 aliphatic heterocycles. The molecule has 0 saturated heterocycles. The van der Waals surface area contributed by atoms with Gasteiger partial charge in [-0.05, 0) is 74.2 Å². The molecule has 8 heteroatoms. The number of nitrogens with zero attached hydrogens (tertiary/aromatic N) is 1. The Labute approximate surface area is 200 Å². The van der Waals surface area contributed by atoms with Gasteiger partial charge in [0.25, 0.3) is 15.9 Å². The molecule has 0 unspecified atom stereocenters.